The smallest absolute Gasteiger partial charge is 0.386 e. The number of anilines is 1. The van der Waals surface area contributed by atoms with Gasteiger partial charge in [-0.15, -0.1) is 0 Å². The van der Waals surface area contributed by atoms with Crippen LogP contribution in [0.5, 0.6) is 0 Å². The Kier molecular flexibility index (Phi) is 8.62. The van der Waals surface area contributed by atoms with Gasteiger partial charge >= 0.3 is 29.2 Å². The van der Waals surface area contributed by atoms with E-state index in [2.05, 4.69) is 18.1 Å². The number of phosphoric ester groups is 1. The molecule has 1 aliphatic rings. The van der Waals surface area contributed by atoms with Gasteiger partial charge in [-0.2, -0.15) is 13.6 Å². The number of nitrogens with two attached hydrogens (primary N) is 1. The van der Waals surface area contributed by atoms with E-state index in [0.29, 0.717) is 4.57 Å². The minimum absolute atomic E-state index is 0.0590. The lowest BCUT2D eigenvalue weighted by Crippen LogP contribution is -2.48. The molecular formula is C13H19FN3O14P3. The number of hydrogen-bond acceptors (Lipinski definition) is 12. The first kappa shape index (κ1) is 28.7. The quantitative estimate of drug-likeness (QED) is 0.142. The first-order chi connectivity index (χ1) is 15.4. The van der Waals surface area contributed by atoms with Gasteiger partial charge in [-0.05, 0) is 13.0 Å². The average Bonchev–Trinajstić information content (AvgIpc) is 2.86. The van der Waals surface area contributed by atoms with E-state index < -0.39 is 66.5 Å². The van der Waals surface area contributed by atoms with Crippen molar-refractivity contribution in [3.05, 3.63) is 22.2 Å². The standard InChI is InChI=1S/C13H19FN3O14P3/c1-7-5-9(15)16-12(19)17(7)11-13(20,3-2-4-14)10(18)8(29-11)6-28-33(24,25)31-34(26,27)30-32(21,22)23/h5,8,10-11,18,20H,4,6H2,1H3,(H,24,25)(H,26,27)(H2,15,16,19)(H2,21,22,23)/t8-,10+,11-,13?/m1/s1. The molecule has 1 saturated heterocycles. The fourth-order valence-electron chi connectivity index (χ4n) is 2.86. The van der Waals surface area contributed by atoms with Crippen LogP contribution in [-0.2, 0) is 31.6 Å². The summed E-state index contributed by atoms with van der Waals surface area (Å²) in [6.45, 7) is -1.11. The van der Waals surface area contributed by atoms with E-state index in [1.54, 1.807) is 0 Å². The zero-order valence-corrected chi connectivity index (χ0v) is 19.5. The summed E-state index contributed by atoms with van der Waals surface area (Å²) in [6.07, 6.45) is -5.79. The van der Waals surface area contributed by atoms with Crippen LogP contribution in [0.25, 0.3) is 0 Å². The van der Waals surface area contributed by atoms with E-state index in [1.165, 1.54) is 13.0 Å². The third-order valence-electron chi connectivity index (χ3n) is 4.06. The number of hydrogen-bond donors (Lipinski definition) is 7. The van der Waals surface area contributed by atoms with E-state index in [1.807, 2.05) is 11.8 Å². The molecule has 0 spiro atoms. The molecule has 0 bridgehead atoms. The Morgan fingerprint density at radius 1 is 1.26 bits per heavy atom. The summed E-state index contributed by atoms with van der Waals surface area (Å²) in [6, 6.07) is 1.19. The Balaban J connectivity index is 2.31. The number of aliphatic hydroxyl groups excluding tert-OH is 1. The van der Waals surface area contributed by atoms with Gasteiger partial charge in [0.25, 0.3) is 0 Å². The van der Waals surface area contributed by atoms with Crippen molar-refractivity contribution in [3.63, 3.8) is 0 Å². The molecule has 0 saturated carbocycles. The van der Waals surface area contributed by atoms with Gasteiger partial charge in [0.1, 0.15) is 24.7 Å². The third kappa shape index (κ3) is 7.00. The summed E-state index contributed by atoms with van der Waals surface area (Å²) < 4.78 is 64.1. The Labute approximate surface area is 189 Å². The molecule has 1 aromatic heterocycles. The minimum atomic E-state index is -5.81. The fourth-order valence-corrected chi connectivity index (χ4v) is 5.89. The summed E-state index contributed by atoms with van der Waals surface area (Å²) in [5.74, 6) is 3.66. The maximum Gasteiger partial charge on any atom is 0.490 e. The van der Waals surface area contributed by atoms with Crippen LogP contribution >= 0.6 is 23.5 Å². The summed E-state index contributed by atoms with van der Waals surface area (Å²) in [7, 11) is -17.0. The lowest BCUT2D eigenvalue weighted by atomic mass is 9.94. The van der Waals surface area contributed by atoms with Crippen LogP contribution in [0.1, 0.15) is 11.9 Å². The van der Waals surface area contributed by atoms with Crippen molar-refractivity contribution in [2.45, 2.75) is 31.0 Å². The molecule has 8 N–H and O–H groups in total. The highest BCUT2D eigenvalue weighted by atomic mass is 31.3. The molecule has 192 valence electrons. The molecule has 21 heteroatoms. The van der Waals surface area contributed by atoms with E-state index in [9.17, 15) is 38.0 Å². The van der Waals surface area contributed by atoms with Gasteiger partial charge in [0.2, 0.25) is 0 Å². The van der Waals surface area contributed by atoms with Gasteiger partial charge < -0.3 is 40.3 Å². The number of aryl methyl sites for hydroxylation is 1. The maximum atomic E-state index is 12.6. The number of nitrogen functional groups attached to an aromatic ring is 1. The molecule has 1 aromatic rings. The number of phosphoric acid groups is 3. The molecule has 0 amide bonds. The van der Waals surface area contributed by atoms with Crippen molar-refractivity contribution < 1.29 is 65.8 Å². The Bertz CT molecular complexity index is 1190. The monoisotopic (exact) mass is 553 g/mol. The highest BCUT2D eigenvalue weighted by Gasteiger charge is 2.57. The van der Waals surface area contributed by atoms with Crippen LogP contribution in [0.4, 0.5) is 10.2 Å². The van der Waals surface area contributed by atoms with Crippen molar-refractivity contribution in [1.82, 2.24) is 9.55 Å². The van der Waals surface area contributed by atoms with E-state index in [0.717, 1.165) is 0 Å². The number of aliphatic hydroxyl groups is 2. The molecular weight excluding hydrogens is 534 g/mol. The Morgan fingerprint density at radius 2 is 1.88 bits per heavy atom. The minimum Gasteiger partial charge on any atom is -0.386 e. The van der Waals surface area contributed by atoms with E-state index in [4.69, 9.17) is 25.2 Å². The Morgan fingerprint density at radius 3 is 2.41 bits per heavy atom. The topological polar surface area (TPSA) is 270 Å². The van der Waals surface area contributed by atoms with Gasteiger partial charge in [-0.25, -0.2) is 22.9 Å². The van der Waals surface area contributed by atoms with Crippen molar-refractivity contribution in [2.75, 3.05) is 19.0 Å². The molecule has 3 unspecified atom stereocenters. The van der Waals surface area contributed by atoms with Gasteiger partial charge in [0.15, 0.2) is 11.8 Å². The largest absolute Gasteiger partial charge is 0.490 e. The SMILES string of the molecule is Cc1cc(N)nc(=O)n1[C@@H]1O[C@H](COP(=O)(O)OP(=O)(O)OP(=O)(O)O)[C@H](O)C1(O)C#CCF. The van der Waals surface area contributed by atoms with Crippen LogP contribution in [0.3, 0.4) is 0 Å². The van der Waals surface area contributed by atoms with Crippen LogP contribution in [0.2, 0.25) is 0 Å². The van der Waals surface area contributed by atoms with Crippen LogP contribution in [-0.4, -0.2) is 70.4 Å². The average molecular weight is 553 g/mol. The molecule has 6 atom stereocenters. The molecule has 0 aliphatic carbocycles. The summed E-state index contributed by atoms with van der Waals surface area (Å²) in [5.41, 5.74) is 1.76. The van der Waals surface area contributed by atoms with E-state index in [-0.39, 0.29) is 11.5 Å². The highest BCUT2D eigenvalue weighted by Crippen LogP contribution is 2.66. The second kappa shape index (κ2) is 10.2. The van der Waals surface area contributed by atoms with Crippen LogP contribution < -0.4 is 11.4 Å². The number of rotatable bonds is 8. The highest BCUT2D eigenvalue weighted by molar-refractivity contribution is 7.66. The summed E-state index contributed by atoms with van der Waals surface area (Å²) >= 11 is 0. The molecule has 0 aromatic carbocycles. The molecule has 1 fully saturated rings. The Hall–Kier alpha value is -1.54. The fraction of sp³-hybridized carbons (Fsp3) is 0.538. The first-order valence-electron chi connectivity index (χ1n) is 8.67. The van der Waals surface area contributed by atoms with Gasteiger partial charge in [-0.1, -0.05) is 11.8 Å². The molecule has 17 nitrogen and oxygen atoms in total. The van der Waals surface area contributed by atoms with Crippen LogP contribution in [0.15, 0.2) is 10.9 Å². The van der Waals surface area contributed by atoms with Crippen LogP contribution in [0, 0.1) is 18.8 Å². The number of ether oxygens (including phenoxy) is 1. The van der Waals surface area contributed by atoms with Gasteiger partial charge in [-0.3, -0.25) is 9.09 Å². The first-order valence-corrected chi connectivity index (χ1v) is 13.2. The normalized spacial score (nSPS) is 28.5. The number of alkyl halides is 1. The summed E-state index contributed by atoms with van der Waals surface area (Å²) in [4.78, 5) is 51.5. The van der Waals surface area contributed by atoms with Crippen molar-refractivity contribution >= 4 is 29.3 Å². The predicted molar refractivity (Wildman–Crippen MR) is 106 cm³/mol. The molecule has 0 radical (unpaired) electrons. The summed E-state index contributed by atoms with van der Waals surface area (Å²) in [5, 5.41) is 21.4. The van der Waals surface area contributed by atoms with Gasteiger partial charge in [0.05, 0.1) is 6.61 Å². The zero-order chi connectivity index (χ0) is 26.1. The number of halogens is 1. The van der Waals surface area contributed by atoms with Gasteiger partial charge in [0, 0.05) is 5.69 Å². The lowest BCUT2D eigenvalue weighted by molar-refractivity contribution is -0.0771. The maximum absolute atomic E-state index is 12.6. The number of nitrogens with zero attached hydrogens (tertiary/aromatic N) is 2. The molecule has 2 heterocycles. The predicted octanol–water partition coefficient (Wildman–Crippen LogP) is -1.56. The molecule has 2 rings (SSSR count). The zero-order valence-electron chi connectivity index (χ0n) is 16.9. The lowest BCUT2D eigenvalue weighted by Gasteiger charge is -2.27. The number of aromatic nitrogens is 2. The second-order valence-corrected chi connectivity index (χ2v) is 11.0. The van der Waals surface area contributed by atoms with Crippen molar-refractivity contribution in [1.29, 1.82) is 0 Å². The van der Waals surface area contributed by atoms with Crippen molar-refractivity contribution in [2.24, 2.45) is 0 Å². The molecule has 1 aliphatic heterocycles. The van der Waals surface area contributed by atoms with Crippen molar-refractivity contribution in [3.8, 4) is 11.8 Å². The second-order valence-electron chi connectivity index (χ2n) is 6.59. The third-order valence-corrected chi connectivity index (χ3v) is 7.86. The van der Waals surface area contributed by atoms with E-state index >= 15 is 0 Å². The molecule has 34 heavy (non-hydrogen) atoms.